The first-order valence-electron chi connectivity index (χ1n) is 8.67. The molecule has 1 N–H and O–H groups in total. The highest BCUT2D eigenvalue weighted by Crippen LogP contribution is 2.25. The van der Waals surface area contributed by atoms with E-state index < -0.39 is 5.97 Å². The largest absolute Gasteiger partial charge is 0.481 e. The maximum Gasteiger partial charge on any atom is 0.303 e. The number of aliphatic carboxylic acids is 1. The van der Waals surface area contributed by atoms with E-state index in [1.165, 1.54) is 0 Å². The van der Waals surface area contributed by atoms with E-state index in [0.717, 1.165) is 41.2 Å². The molecule has 3 heterocycles. The van der Waals surface area contributed by atoms with Gasteiger partial charge in [0.05, 0.1) is 35.3 Å². The highest BCUT2D eigenvalue weighted by molar-refractivity contribution is 5.80. The van der Waals surface area contributed by atoms with Crippen LogP contribution in [0.3, 0.4) is 0 Å². The van der Waals surface area contributed by atoms with Gasteiger partial charge in [0, 0.05) is 25.7 Å². The minimum absolute atomic E-state index is 0.0635. The Hall–Kier alpha value is -2.77. The van der Waals surface area contributed by atoms with Gasteiger partial charge in [0.25, 0.3) is 0 Å². The standard InChI is InChI=1S/C18H22N4O4/c1-11-18(12(2)26-21-11)15-9-19-14(8-20-15)7-13-5-6-22(10-13)16(23)3-4-17(24)25/h8-9,13H,3-7,10H2,1-2H3,(H,24,25). The lowest BCUT2D eigenvalue weighted by atomic mass is 10.0. The summed E-state index contributed by atoms with van der Waals surface area (Å²) in [7, 11) is 0. The highest BCUT2D eigenvalue weighted by atomic mass is 16.5. The van der Waals surface area contributed by atoms with Crippen molar-refractivity contribution in [3.05, 3.63) is 29.5 Å². The summed E-state index contributed by atoms with van der Waals surface area (Å²) in [6.45, 7) is 5.04. The van der Waals surface area contributed by atoms with Crippen LogP contribution in [0.1, 0.15) is 36.4 Å². The quantitative estimate of drug-likeness (QED) is 0.841. The van der Waals surface area contributed by atoms with Crippen LogP contribution in [0.2, 0.25) is 0 Å². The van der Waals surface area contributed by atoms with E-state index in [-0.39, 0.29) is 18.7 Å². The van der Waals surface area contributed by atoms with Gasteiger partial charge in [-0.2, -0.15) is 0 Å². The third-order valence-corrected chi connectivity index (χ3v) is 4.68. The number of aryl methyl sites for hydroxylation is 2. The number of hydrogen-bond donors (Lipinski definition) is 1. The lowest BCUT2D eigenvalue weighted by molar-refractivity contribution is -0.140. The molecule has 0 bridgehead atoms. The number of carboxylic acid groups (broad SMARTS) is 1. The summed E-state index contributed by atoms with van der Waals surface area (Å²) in [5.41, 5.74) is 3.28. The molecule has 0 radical (unpaired) electrons. The average molecular weight is 358 g/mol. The smallest absolute Gasteiger partial charge is 0.303 e. The van der Waals surface area contributed by atoms with Gasteiger partial charge in [0.15, 0.2) is 0 Å². The van der Waals surface area contributed by atoms with Gasteiger partial charge < -0.3 is 14.5 Å². The Bertz CT molecular complexity index is 781. The maximum absolute atomic E-state index is 12.0. The molecule has 1 aliphatic rings. The van der Waals surface area contributed by atoms with Gasteiger partial charge in [-0.15, -0.1) is 0 Å². The minimum atomic E-state index is -0.942. The minimum Gasteiger partial charge on any atom is -0.481 e. The molecule has 26 heavy (non-hydrogen) atoms. The highest BCUT2D eigenvalue weighted by Gasteiger charge is 2.26. The topological polar surface area (TPSA) is 109 Å². The molecule has 0 aromatic carbocycles. The Morgan fingerprint density at radius 3 is 2.69 bits per heavy atom. The summed E-state index contributed by atoms with van der Waals surface area (Å²) >= 11 is 0. The molecule has 1 amide bonds. The second-order valence-electron chi connectivity index (χ2n) is 6.68. The van der Waals surface area contributed by atoms with Crippen LogP contribution in [-0.2, 0) is 16.0 Å². The van der Waals surface area contributed by atoms with Gasteiger partial charge in [-0.1, -0.05) is 5.16 Å². The molecule has 8 heteroatoms. The van der Waals surface area contributed by atoms with Crippen LogP contribution < -0.4 is 0 Å². The van der Waals surface area contributed by atoms with Crippen LogP contribution in [0.4, 0.5) is 0 Å². The first kappa shape index (κ1) is 18.0. The van der Waals surface area contributed by atoms with Gasteiger partial charge in [-0.25, -0.2) is 0 Å². The van der Waals surface area contributed by atoms with Crippen molar-refractivity contribution < 1.29 is 19.2 Å². The lowest BCUT2D eigenvalue weighted by Crippen LogP contribution is -2.29. The zero-order valence-corrected chi connectivity index (χ0v) is 14.9. The van der Waals surface area contributed by atoms with E-state index in [2.05, 4.69) is 15.1 Å². The van der Waals surface area contributed by atoms with Gasteiger partial charge in [0.2, 0.25) is 5.91 Å². The van der Waals surface area contributed by atoms with Crippen molar-refractivity contribution in [2.45, 2.75) is 39.5 Å². The Balaban J connectivity index is 1.57. The number of aromatic nitrogens is 3. The van der Waals surface area contributed by atoms with Crippen molar-refractivity contribution >= 4 is 11.9 Å². The fourth-order valence-electron chi connectivity index (χ4n) is 3.33. The van der Waals surface area contributed by atoms with Crippen molar-refractivity contribution in [1.29, 1.82) is 0 Å². The van der Waals surface area contributed by atoms with Gasteiger partial charge in [0.1, 0.15) is 5.76 Å². The maximum atomic E-state index is 12.0. The van der Waals surface area contributed by atoms with Crippen molar-refractivity contribution in [1.82, 2.24) is 20.0 Å². The van der Waals surface area contributed by atoms with Crippen LogP contribution in [-0.4, -0.2) is 50.1 Å². The second-order valence-corrected chi connectivity index (χ2v) is 6.68. The summed E-state index contributed by atoms with van der Waals surface area (Å²) in [5.74, 6) is 0.0105. The number of carbonyl (C=O) groups excluding carboxylic acids is 1. The molecular formula is C18H22N4O4. The number of carbonyl (C=O) groups is 2. The number of carboxylic acids is 1. The van der Waals surface area contributed by atoms with Crippen LogP contribution >= 0.6 is 0 Å². The number of hydrogen-bond acceptors (Lipinski definition) is 6. The molecule has 138 valence electrons. The van der Waals surface area contributed by atoms with Gasteiger partial charge >= 0.3 is 5.97 Å². The molecule has 1 atom stereocenters. The van der Waals surface area contributed by atoms with E-state index in [1.807, 2.05) is 13.8 Å². The van der Waals surface area contributed by atoms with Crippen LogP contribution in [0.5, 0.6) is 0 Å². The van der Waals surface area contributed by atoms with Crippen molar-refractivity contribution in [3.8, 4) is 11.3 Å². The molecule has 8 nitrogen and oxygen atoms in total. The zero-order chi connectivity index (χ0) is 18.7. The fraction of sp³-hybridized carbons (Fsp3) is 0.500. The van der Waals surface area contributed by atoms with Gasteiger partial charge in [-0.05, 0) is 32.6 Å². The summed E-state index contributed by atoms with van der Waals surface area (Å²) in [6.07, 6.45) is 5.08. The summed E-state index contributed by atoms with van der Waals surface area (Å²) < 4.78 is 5.16. The third kappa shape index (κ3) is 4.07. The third-order valence-electron chi connectivity index (χ3n) is 4.68. The molecular weight excluding hydrogens is 336 g/mol. The Morgan fingerprint density at radius 2 is 2.08 bits per heavy atom. The summed E-state index contributed by atoms with van der Waals surface area (Å²) in [4.78, 5) is 33.3. The molecule has 1 aliphatic heterocycles. The number of likely N-dealkylation sites (tertiary alicyclic amines) is 1. The average Bonchev–Trinajstić information content (AvgIpc) is 3.20. The van der Waals surface area contributed by atoms with E-state index in [1.54, 1.807) is 17.3 Å². The van der Waals surface area contributed by atoms with Crippen LogP contribution in [0, 0.1) is 19.8 Å². The normalized spacial score (nSPS) is 16.8. The Morgan fingerprint density at radius 1 is 1.27 bits per heavy atom. The monoisotopic (exact) mass is 358 g/mol. The van der Waals surface area contributed by atoms with Gasteiger partial charge in [-0.3, -0.25) is 19.6 Å². The van der Waals surface area contributed by atoms with Crippen molar-refractivity contribution in [2.24, 2.45) is 5.92 Å². The molecule has 1 unspecified atom stereocenters. The first-order valence-corrected chi connectivity index (χ1v) is 8.67. The van der Waals surface area contributed by atoms with Crippen LogP contribution in [0.25, 0.3) is 11.3 Å². The van der Waals surface area contributed by atoms with E-state index in [9.17, 15) is 9.59 Å². The van der Waals surface area contributed by atoms with Crippen molar-refractivity contribution in [3.63, 3.8) is 0 Å². The Kier molecular flexibility index (Phi) is 5.29. The van der Waals surface area contributed by atoms with E-state index in [0.29, 0.717) is 19.0 Å². The summed E-state index contributed by atoms with van der Waals surface area (Å²) in [5, 5.41) is 12.6. The molecule has 2 aromatic heterocycles. The van der Waals surface area contributed by atoms with E-state index in [4.69, 9.17) is 9.63 Å². The fourth-order valence-corrected chi connectivity index (χ4v) is 3.33. The number of rotatable bonds is 6. The number of nitrogens with zero attached hydrogens (tertiary/aromatic N) is 4. The first-order chi connectivity index (χ1) is 12.4. The lowest BCUT2D eigenvalue weighted by Gasteiger charge is -2.16. The molecule has 1 saturated heterocycles. The van der Waals surface area contributed by atoms with Crippen molar-refractivity contribution in [2.75, 3.05) is 13.1 Å². The molecule has 0 aliphatic carbocycles. The second kappa shape index (κ2) is 7.63. The molecule has 3 rings (SSSR count). The van der Waals surface area contributed by atoms with E-state index >= 15 is 0 Å². The molecule has 1 fully saturated rings. The zero-order valence-electron chi connectivity index (χ0n) is 14.9. The Labute approximate surface area is 151 Å². The van der Waals surface area contributed by atoms with Crippen LogP contribution in [0.15, 0.2) is 16.9 Å². The summed E-state index contributed by atoms with van der Waals surface area (Å²) in [6, 6.07) is 0. The SMILES string of the molecule is Cc1noc(C)c1-c1cnc(CC2CCN(C(=O)CCC(=O)O)C2)cn1. The predicted molar refractivity (Wildman–Crippen MR) is 92.3 cm³/mol. The number of amides is 1. The molecule has 2 aromatic rings. The predicted octanol–water partition coefficient (Wildman–Crippen LogP) is 2.00. The molecule has 0 spiro atoms. The molecule has 0 saturated carbocycles.